The summed E-state index contributed by atoms with van der Waals surface area (Å²) in [6, 6.07) is 17.5. The highest BCUT2D eigenvalue weighted by atomic mass is 16.5. The number of aryl methyl sites for hydroxylation is 2. The van der Waals surface area contributed by atoms with Crippen molar-refractivity contribution in [3.8, 4) is 5.75 Å². The van der Waals surface area contributed by atoms with Gasteiger partial charge in [0.2, 0.25) is 0 Å². The SMILES string of the molecule is Cc1ccc(NC(=O)c2cc3ccccc3cc2OCC(=O)NC2CC2)c(C)c1. The normalized spacial score (nSPS) is 13.2. The quantitative estimate of drug-likeness (QED) is 0.659. The molecule has 3 aromatic rings. The Bertz CT molecular complexity index is 1090. The van der Waals surface area contributed by atoms with Crippen LogP contribution in [0.25, 0.3) is 10.8 Å². The van der Waals surface area contributed by atoms with Gasteiger partial charge in [-0.2, -0.15) is 0 Å². The van der Waals surface area contributed by atoms with Gasteiger partial charge in [-0.25, -0.2) is 0 Å². The van der Waals surface area contributed by atoms with Crippen molar-refractivity contribution in [1.29, 1.82) is 0 Å². The molecule has 0 heterocycles. The van der Waals surface area contributed by atoms with Crippen molar-refractivity contribution < 1.29 is 14.3 Å². The topological polar surface area (TPSA) is 67.4 Å². The van der Waals surface area contributed by atoms with Gasteiger partial charge in [-0.15, -0.1) is 0 Å². The highest BCUT2D eigenvalue weighted by Crippen LogP contribution is 2.28. The molecule has 1 aliphatic rings. The van der Waals surface area contributed by atoms with Crippen LogP contribution in [0, 0.1) is 13.8 Å². The van der Waals surface area contributed by atoms with E-state index in [0.717, 1.165) is 40.4 Å². The molecule has 1 saturated carbocycles. The van der Waals surface area contributed by atoms with E-state index in [1.165, 1.54) is 0 Å². The van der Waals surface area contributed by atoms with Crippen LogP contribution in [0.5, 0.6) is 5.75 Å². The molecule has 0 unspecified atom stereocenters. The van der Waals surface area contributed by atoms with E-state index >= 15 is 0 Å². The van der Waals surface area contributed by atoms with Crippen LogP contribution in [-0.2, 0) is 4.79 Å². The van der Waals surface area contributed by atoms with Crippen LogP contribution in [0.1, 0.15) is 34.3 Å². The molecule has 0 spiro atoms. The van der Waals surface area contributed by atoms with Crippen molar-refractivity contribution in [2.24, 2.45) is 0 Å². The van der Waals surface area contributed by atoms with E-state index in [9.17, 15) is 9.59 Å². The highest BCUT2D eigenvalue weighted by molar-refractivity contribution is 6.09. The fourth-order valence-corrected chi connectivity index (χ4v) is 3.30. The van der Waals surface area contributed by atoms with Gasteiger partial charge in [0.05, 0.1) is 5.56 Å². The van der Waals surface area contributed by atoms with Crippen LogP contribution in [-0.4, -0.2) is 24.5 Å². The molecule has 1 fully saturated rings. The molecule has 0 aliphatic heterocycles. The molecule has 0 aromatic heterocycles. The number of hydrogen-bond acceptors (Lipinski definition) is 3. The van der Waals surface area contributed by atoms with Crippen molar-refractivity contribution in [3.05, 3.63) is 71.3 Å². The van der Waals surface area contributed by atoms with Crippen LogP contribution >= 0.6 is 0 Å². The molecule has 5 heteroatoms. The molecule has 29 heavy (non-hydrogen) atoms. The second kappa shape index (κ2) is 7.95. The van der Waals surface area contributed by atoms with E-state index in [2.05, 4.69) is 10.6 Å². The predicted octanol–water partition coefficient (Wildman–Crippen LogP) is 4.37. The van der Waals surface area contributed by atoms with Gasteiger partial charge in [0.1, 0.15) is 5.75 Å². The van der Waals surface area contributed by atoms with E-state index in [1.54, 1.807) is 0 Å². The molecule has 148 valence electrons. The van der Waals surface area contributed by atoms with Gasteiger partial charge in [-0.3, -0.25) is 9.59 Å². The largest absolute Gasteiger partial charge is 0.483 e. The Labute approximate surface area is 170 Å². The average molecular weight is 388 g/mol. The maximum Gasteiger partial charge on any atom is 0.259 e. The van der Waals surface area contributed by atoms with Crippen molar-refractivity contribution in [3.63, 3.8) is 0 Å². The summed E-state index contributed by atoms with van der Waals surface area (Å²) in [5.41, 5.74) is 3.29. The molecule has 5 nitrogen and oxygen atoms in total. The van der Waals surface area contributed by atoms with Crippen LogP contribution < -0.4 is 15.4 Å². The van der Waals surface area contributed by atoms with Crippen molar-refractivity contribution in [1.82, 2.24) is 5.32 Å². The lowest BCUT2D eigenvalue weighted by molar-refractivity contribution is -0.123. The summed E-state index contributed by atoms with van der Waals surface area (Å²) in [6.45, 7) is 3.86. The first-order valence-electron chi connectivity index (χ1n) is 9.83. The van der Waals surface area contributed by atoms with E-state index < -0.39 is 0 Å². The van der Waals surface area contributed by atoms with Crippen LogP contribution in [0.2, 0.25) is 0 Å². The first kappa shape index (κ1) is 19.0. The number of nitrogens with one attached hydrogen (secondary N) is 2. The molecule has 0 bridgehead atoms. The minimum Gasteiger partial charge on any atom is -0.483 e. The van der Waals surface area contributed by atoms with Crippen molar-refractivity contribution in [2.75, 3.05) is 11.9 Å². The zero-order chi connectivity index (χ0) is 20.4. The molecule has 3 aromatic carbocycles. The number of fused-ring (bicyclic) bond motifs is 1. The van der Waals surface area contributed by atoms with Crippen LogP contribution in [0.3, 0.4) is 0 Å². The summed E-state index contributed by atoms with van der Waals surface area (Å²) in [4.78, 5) is 25.1. The highest BCUT2D eigenvalue weighted by Gasteiger charge is 2.24. The van der Waals surface area contributed by atoms with Gasteiger partial charge in [-0.1, -0.05) is 42.0 Å². The smallest absolute Gasteiger partial charge is 0.259 e. The summed E-state index contributed by atoms with van der Waals surface area (Å²) in [5.74, 6) is -0.0291. The standard InChI is InChI=1S/C24H24N2O3/c1-15-7-10-21(16(2)11-15)26-24(28)20-12-17-5-3-4-6-18(17)13-22(20)29-14-23(27)25-19-8-9-19/h3-7,10-13,19H,8-9,14H2,1-2H3,(H,25,27)(H,26,28). The Morgan fingerprint density at radius 1 is 1.00 bits per heavy atom. The van der Waals surface area contributed by atoms with E-state index in [4.69, 9.17) is 4.74 Å². The lowest BCUT2D eigenvalue weighted by Crippen LogP contribution is -2.30. The lowest BCUT2D eigenvalue weighted by atomic mass is 10.0. The number of carbonyl (C=O) groups is 2. The Morgan fingerprint density at radius 2 is 1.72 bits per heavy atom. The number of anilines is 1. The van der Waals surface area contributed by atoms with Crippen molar-refractivity contribution >= 4 is 28.3 Å². The number of amides is 2. The summed E-state index contributed by atoms with van der Waals surface area (Å²) < 4.78 is 5.77. The summed E-state index contributed by atoms with van der Waals surface area (Å²) in [7, 11) is 0. The molecule has 4 rings (SSSR count). The number of rotatable bonds is 6. The minimum atomic E-state index is -0.264. The van der Waals surface area contributed by atoms with Crippen LogP contribution in [0.15, 0.2) is 54.6 Å². The molecule has 0 atom stereocenters. The molecule has 2 N–H and O–H groups in total. The first-order valence-corrected chi connectivity index (χ1v) is 9.83. The third-order valence-corrected chi connectivity index (χ3v) is 5.02. The molecule has 1 aliphatic carbocycles. The summed E-state index contributed by atoms with van der Waals surface area (Å²) in [6.07, 6.45) is 2.04. The molecular formula is C24H24N2O3. The van der Waals surface area contributed by atoms with Gasteiger partial charge in [0.15, 0.2) is 6.61 Å². The monoisotopic (exact) mass is 388 g/mol. The zero-order valence-corrected chi connectivity index (χ0v) is 16.6. The Hall–Kier alpha value is -3.34. The Kier molecular flexibility index (Phi) is 5.21. The fourth-order valence-electron chi connectivity index (χ4n) is 3.30. The molecule has 2 amide bonds. The van der Waals surface area contributed by atoms with Gasteiger partial charge in [-0.05, 0) is 61.2 Å². The van der Waals surface area contributed by atoms with Crippen molar-refractivity contribution in [2.45, 2.75) is 32.7 Å². The summed E-state index contributed by atoms with van der Waals surface area (Å²) in [5, 5.41) is 7.76. The third kappa shape index (κ3) is 4.57. The summed E-state index contributed by atoms with van der Waals surface area (Å²) >= 11 is 0. The maximum absolute atomic E-state index is 13.1. The van der Waals surface area contributed by atoms with Crippen LogP contribution in [0.4, 0.5) is 5.69 Å². The molecule has 0 radical (unpaired) electrons. The fraction of sp³-hybridized carbons (Fsp3) is 0.250. The number of benzene rings is 3. The lowest BCUT2D eigenvalue weighted by Gasteiger charge is -2.14. The predicted molar refractivity (Wildman–Crippen MR) is 114 cm³/mol. The van der Waals surface area contributed by atoms with Gasteiger partial charge in [0, 0.05) is 11.7 Å². The Morgan fingerprint density at radius 3 is 2.41 bits per heavy atom. The van der Waals surface area contributed by atoms with E-state index in [0.29, 0.717) is 11.3 Å². The van der Waals surface area contributed by atoms with Gasteiger partial charge >= 0.3 is 0 Å². The second-order valence-corrected chi connectivity index (χ2v) is 7.60. The number of carbonyl (C=O) groups excluding carboxylic acids is 2. The van der Waals surface area contributed by atoms with E-state index in [-0.39, 0.29) is 24.5 Å². The van der Waals surface area contributed by atoms with Gasteiger partial charge in [0.25, 0.3) is 11.8 Å². The first-order chi connectivity index (χ1) is 14.0. The van der Waals surface area contributed by atoms with Gasteiger partial charge < -0.3 is 15.4 Å². The number of ether oxygens (including phenoxy) is 1. The van der Waals surface area contributed by atoms with E-state index in [1.807, 2.05) is 68.4 Å². The Balaban J connectivity index is 1.61. The number of hydrogen-bond donors (Lipinski definition) is 2. The maximum atomic E-state index is 13.1. The molecule has 0 saturated heterocycles. The minimum absolute atomic E-state index is 0.112. The molecular weight excluding hydrogens is 364 g/mol. The zero-order valence-electron chi connectivity index (χ0n) is 16.6. The second-order valence-electron chi connectivity index (χ2n) is 7.60. The third-order valence-electron chi connectivity index (χ3n) is 5.02. The average Bonchev–Trinajstić information content (AvgIpc) is 3.51.